The molecule has 1 saturated heterocycles. The molecule has 2 rings (SSSR count). The van der Waals surface area contributed by atoms with Crippen LogP contribution in [0.15, 0.2) is 24.3 Å². The van der Waals surface area contributed by atoms with E-state index in [4.69, 9.17) is 4.74 Å². The molecule has 0 spiro atoms. The second-order valence-electron chi connectivity index (χ2n) is 5.73. The Bertz CT molecular complexity index is 530. The lowest BCUT2D eigenvalue weighted by atomic mass is 10.1. The number of ether oxygens (including phenoxy) is 1. The summed E-state index contributed by atoms with van der Waals surface area (Å²) in [6.07, 6.45) is 1.06. The number of rotatable bonds is 6. The van der Waals surface area contributed by atoms with Crippen molar-refractivity contribution in [2.45, 2.75) is 12.8 Å². The minimum Gasteiger partial charge on any atom is -0.497 e. The Kier molecular flexibility index (Phi) is 8.57. The van der Waals surface area contributed by atoms with Gasteiger partial charge in [-0.1, -0.05) is 12.1 Å². The zero-order valence-electron chi connectivity index (χ0n) is 14.3. The molecule has 1 aliphatic heterocycles. The van der Waals surface area contributed by atoms with E-state index in [1.807, 2.05) is 29.2 Å². The fourth-order valence-corrected chi connectivity index (χ4v) is 2.54. The third kappa shape index (κ3) is 6.02. The summed E-state index contributed by atoms with van der Waals surface area (Å²) in [5, 5.41) is 3.21. The number of aryl methyl sites for hydroxylation is 1. The summed E-state index contributed by atoms with van der Waals surface area (Å²) in [5.74, 6) is 0.815. The lowest BCUT2D eigenvalue weighted by molar-refractivity contribution is -0.139. The Morgan fingerprint density at radius 3 is 2.42 bits per heavy atom. The molecule has 1 fully saturated rings. The van der Waals surface area contributed by atoms with Crippen molar-refractivity contribution < 1.29 is 14.3 Å². The predicted octanol–water partition coefficient (Wildman–Crippen LogP) is 0.940. The third-order valence-corrected chi connectivity index (χ3v) is 4.05. The quantitative estimate of drug-likeness (QED) is 0.825. The molecule has 1 N–H and O–H groups in total. The van der Waals surface area contributed by atoms with Crippen LogP contribution in [0.1, 0.15) is 12.0 Å². The van der Waals surface area contributed by atoms with Gasteiger partial charge in [0.05, 0.1) is 13.7 Å². The van der Waals surface area contributed by atoms with Crippen molar-refractivity contribution >= 4 is 24.2 Å². The molecule has 0 bridgehead atoms. The molecule has 7 heteroatoms. The van der Waals surface area contributed by atoms with Gasteiger partial charge in [-0.25, -0.2) is 0 Å². The average Bonchev–Trinajstić information content (AvgIpc) is 2.60. The van der Waals surface area contributed by atoms with Crippen molar-refractivity contribution in [3.05, 3.63) is 29.8 Å². The number of halogens is 1. The van der Waals surface area contributed by atoms with Crippen LogP contribution in [0, 0.1) is 0 Å². The first-order valence-electron chi connectivity index (χ1n) is 7.95. The van der Waals surface area contributed by atoms with Gasteiger partial charge in [-0.3, -0.25) is 9.59 Å². The molecule has 1 heterocycles. The number of carbonyl (C=O) groups excluding carboxylic acids is 2. The van der Waals surface area contributed by atoms with E-state index in [-0.39, 0.29) is 30.8 Å². The van der Waals surface area contributed by atoms with Crippen molar-refractivity contribution in [2.24, 2.45) is 0 Å². The largest absolute Gasteiger partial charge is 0.497 e. The summed E-state index contributed by atoms with van der Waals surface area (Å²) in [5.41, 5.74) is 1.08. The zero-order chi connectivity index (χ0) is 16.7. The molecular formula is C17H26ClN3O3. The van der Waals surface area contributed by atoms with Crippen LogP contribution in [0.3, 0.4) is 0 Å². The summed E-state index contributed by atoms with van der Waals surface area (Å²) in [7, 11) is 3.32. The van der Waals surface area contributed by atoms with Crippen molar-refractivity contribution in [2.75, 3.05) is 46.9 Å². The number of nitrogens with one attached hydrogen (secondary N) is 1. The molecule has 134 valence electrons. The summed E-state index contributed by atoms with van der Waals surface area (Å²) < 4.78 is 5.11. The smallest absolute Gasteiger partial charge is 0.242 e. The lowest BCUT2D eigenvalue weighted by Crippen LogP contribution is -2.49. The number of methoxy groups -OCH3 is 1. The van der Waals surface area contributed by atoms with Crippen molar-refractivity contribution in [3.8, 4) is 5.75 Å². The highest BCUT2D eigenvalue weighted by atomic mass is 35.5. The standard InChI is InChI=1S/C17H25N3O3.ClH/c1-19(13-17(22)20-11-9-18-10-12-20)16(21)8-5-14-3-6-15(23-2)7-4-14;/h3-4,6-7,18H,5,8-13H2,1-2H3;1H. The maximum atomic E-state index is 12.2. The number of piperazine rings is 1. The van der Waals surface area contributed by atoms with Crippen LogP contribution < -0.4 is 10.1 Å². The molecule has 0 unspecified atom stereocenters. The van der Waals surface area contributed by atoms with Gasteiger partial charge in [0.25, 0.3) is 0 Å². The molecule has 0 aliphatic carbocycles. The first-order chi connectivity index (χ1) is 11.1. The van der Waals surface area contributed by atoms with Crippen LogP contribution in [0.4, 0.5) is 0 Å². The van der Waals surface area contributed by atoms with Crippen LogP contribution in [0.25, 0.3) is 0 Å². The molecule has 0 atom stereocenters. The lowest BCUT2D eigenvalue weighted by Gasteiger charge is -2.29. The Balaban J connectivity index is 0.00000288. The van der Waals surface area contributed by atoms with Crippen molar-refractivity contribution in [3.63, 3.8) is 0 Å². The molecule has 1 aromatic rings. The van der Waals surface area contributed by atoms with Gasteiger partial charge in [0.1, 0.15) is 5.75 Å². The highest BCUT2D eigenvalue weighted by Crippen LogP contribution is 2.13. The van der Waals surface area contributed by atoms with Gasteiger partial charge in [-0.2, -0.15) is 0 Å². The van der Waals surface area contributed by atoms with E-state index in [2.05, 4.69) is 5.32 Å². The van der Waals surface area contributed by atoms with Crippen LogP contribution in [-0.2, 0) is 16.0 Å². The number of hydrogen-bond donors (Lipinski definition) is 1. The first-order valence-corrected chi connectivity index (χ1v) is 7.95. The topological polar surface area (TPSA) is 61.9 Å². The summed E-state index contributed by atoms with van der Waals surface area (Å²) in [4.78, 5) is 27.7. The number of hydrogen-bond acceptors (Lipinski definition) is 4. The summed E-state index contributed by atoms with van der Waals surface area (Å²) in [6, 6.07) is 7.69. The number of carbonyl (C=O) groups is 2. The van der Waals surface area contributed by atoms with Crippen LogP contribution in [-0.4, -0.2) is 68.5 Å². The normalized spacial score (nSPS) is 13.8. The SMILES string of the molecule is COc1ccc(CCC(=O)N(C)CC(=O)N2CCNCC2)cc1.Cl. The van der Waals surface area contributed by atoms with Gasteiger partial charge in [0.2, 0.25) is 11.8 Å². The maximum absolute atomic E-state index is 12.2. The van der Waals surface area contributed by atoms with E-state index in [1.54, 1.807) is 14.2 Å². The average molecular weight is 356 g/mol. The molecule has 24 heavy (non-hydrogen) atoms. The highest BCUT2D eigenvalue weighted by Gasteiger charge is 2.19. The Morgan fingerprint density at radius 2 is 1.83 bits per heavy atom. The molecule has 6 nitrogen and oxygen atoms in total. The van der Waals surface area contributed by atoms with Crippen molar-refractivity contribution in [1.29, 1.82) is 0 Å². The van der Waals surface area contributed by atoms with Crippen LogP contribution in [0.2, 0.25) is 0 Å². The van der Waals surface area contributed by atoms with E-state index < -0.39 is 0 Å². The zero-order valence-corrected chi connectivity index (χ0v) is 15.1. The summed E-state index contributed by atoms with van der Waals surface area (Å²) >= 11 is 0. The van der Waals surface area contributed by atoms with E-state index in [0.29, 0.717) is 25.9 Å². The Hall–Kier alpha value is -1.79. The number of amides is 2. The van der Waals surface area contributed by atoms with Gasteiger partial charge >= 0.3 is 0 Å². The number of likely N-dealkylation sites (N-methyl/N-ethyl adjacent to an activating group) is 1. The fourth-order valence-electron chi connectivity index (χ4n) is 2.54. The molecular weight excluding hydrogens is 330 g/mol. The highest BCUT2D eigenvalue weighted by molar-refractivity contribution is 5.85. The molecule has 1 aliphatic rings. The molecule has 0 radical (unpaired) electrons. The second-order valence-corrected chi connectivity index (χ2v) is 5.73. The van der Waals surface area contributed by atoms with Crippen LogP contribution >= 0.6 is 12.4 Å². The monoisotopic (exact) mass is 355 g/mol. The Morgan fingerprint density at radius 1 is 1.21 bits per heavy atom. The molecule has 2 amide bonds. The predicted molar refractivity (Wildman–Crippen MR) is 95.6 cm³/mol. The second kappa shape index (κ2) is 10.2. The summed E-state index contributed by atoms with van der Waals surface area (Å²) in [6.45, 7) is 3.22. The minimum atomic E-state index is -0.00991. The molecule has 0 saturated carbocycles. The Labute approximate surface area is 149 Å². The van der Waals surface area contributed by atoms with Gasteiger partial charge in [0, 0.05) is 39.6 Å². The van der Waals surface area contributed by atoms with Gasteiger partial charge in [0.15, 0.2) is 0 Å². The molecule has 0 aromatic heterocycles. The van der Waals surface area contributed by atoms with E-state index in [1.165, 1.54) is 4.90 Å². The van der Waals surface area contributed by atoms with Crippen LogP contribution in [0.5, 0.6) is 5.75 Å². The van der Waals surface area contributed by atoms with E-state index in [9.17, 15) is 9.59 Å². The number of nitrogens with zero attached hydrogens (tertiary/aromatic N) is 2. The maximum Gasteiger partial charge on any atom is 0.242 e. The first kappa shape index (κ1) is 20.3. The third-order valence-electron chi connectivity index (χ3n) is 4.05. The van der Waals surface area contributed by atoms with E-state index in [0.717, 1.165) is 24.4 Å². The van der Waals surface area contributed by atoms with Crippen molar-refractivity contribution in [1.82, 2.24) is 15.1 Å². The van der Waals surface area contributed by atoms with E-state index >= 15 is 0 Å². The van der Waals surface area contributed by atoms with Gasteiger partial charge in [-0.05, 0) is 24.1 Å². The van der Waals surface area contributed by atoms with Gasteiger partial charge < -0.3 is 19.9 Å². The minimum absolute atomic E-state index is 0. The van der Waals surface area contributed by atoms with Gasteiger partial charge in [-0.15, -0.1) is 12.4 Å². The molecule has 1 aromatic carbocycles. The number of benzene rings is 1. The fraction of sp³-hybridized carbons (Fsp3) is 0.529.